The Morgan fingerprint density at radius 2 is 2.06 bits per heavy atom. The third-order valence-corrected chi connectivity index (χ3v) is 1.83. The van der Waals surface area contributed by atoms with Gasteiger partial charge < -0.3 is 10.2 Å². The van der Waals surface area contributed by atoms with Crippen LogP contribution in [0.3, 0.4) is 0 Å². The lowest BCUT2D eigenvalue weighted by atomic mass is 10.1. The van der Waals surface area contributed by atoms with E-state index in [4.69, 9.17) is 5.11 Å². The van der Waals surface area contributed by atoms with Crippen molar-refractivity contribution in [3.05, 3.63) is 52.1 Å². The van der Waals surface area contributed by atoms with E-state index in [1.165, 1.54) is 36.4 Å². The van der Waals surface area contributed by atoms with Gasteiger partial charge >= 0.3 is 11.7 Å². The predicted molar refractivity (Wildman–Crippen MR) is 60.6 cm³/mol. The number of nitro benzene ring substituents is 1. The Bertz CT molecular complexity index is 505. The van der Waals surface area contributed by atoms with Crippen molar-refractivity contribution >= 4 is 17.7 Å². The van der Waals surface area contributed by atoms with Gasteiger partial charge in [-0.3, -0.25) is 10.1 Å². The first-order valence-corrected chi connectivity index (χ1v) is 4.56. The first-order valence-electron chi connectivity index (χ1n) is 4.56. The topological polar surface area (TPSA) is 101 Å². The Morgan fingerprint density at radius 1 is 1.35 bits per heavy atom. The molecule has 1 aromatic rings. The number of carbonyl (C=O) groups is 1. The Kier molecular flexibility index (Phi) is 3.99. The molecule has 0 amide bonds. The van der Waals surface area contributed by atoms with Crippen molar-refractivity contribution in [2.45, 2.75) is 0 Å². The van der Waals surface area contributed by atoms with Crippen molar-refractivity contribution in [2.24, 2.45) is 0 Å². The van der Waals surface area contributed by atoms with Crippen molar-refractivity contribution < 1.29 is 19.9 Å². The minimum absolute atomic E-state index is 0.394. The van der Waals surface area contributed by atoms with Crippen molar-refractivity contribution in [1.29, 1.82) is 0 Å². The van der Waals surface area contributed by atoms with E-state index in [1.807, 2.05) is 0 Å². The second-order valence-corrected chi connectivity index (χ2v) is 3.06. The number of phenols is 1. The summed E-state index contributed by atoms with van der Waals surface area (Å²) >= 11 is 0. The summed E-state index contributed by atoms with van der Waals surface area (Å²) in [5.41, 5.74) is 0.0962. The van der Waals surface area contributed by atoms with Gasteiger partial charge in [-0.1, -0.05) is 24.3 Å². The van der Waals surface area contributed by atoms with Crippen LogP contribution in [0.25, 0.3) is 6.08 Å². The third kappa shape index (κ3) is 3.78. The Hall–Kier alpha value is -2.63. The van der Waals surface area contributed by atoms with Crippen LogP contribution in [0, 0.1) is 10.1 Å². The second kappa shape index (κ2) is 5.45. The number of phenolic OH excluding ortho intramolecular Hbond substituents is 1. The first kappa shape index (κ1) is 12.4. The van der Waals surface area contributed by atoms with E-state index in [0.717, 1.165) is 6.08 Å². The number of nitro groups is 1. The number of aromatic hydroxyl groups is 1. The average molecular weight is 235 g/mol. The fourth-order valence-electron chi connectivity index (χ4n) is 1.09. The van der Waals surface area contributed by atoms with Gasteiger partial charge in [0.1, 0.15) is 0 Å². The monoisotopic (exact) mass is 235 g/mol. The molecule has 0 aliphatic rings. The molecule has 6 nitrogen and oxygen atoms in total. The van der Waals surface area contributed by atoms with Crippen LogP contribution in [0.5, 0.6) is 5.75 Å². The molecule has 88 valence electrons. The maximum Gasteiger partial charge on any atom is 0.328 e. The number of benzene rings is 1. The van der Waals surface area contributed by atoms with Crippen molar-refractivity contribution in [3.63, 3.8) is 0 Å². The van der Waals surface area contributed by atoms with E-state index >= 15 is 0 Å². The predicted octanol–water partition coefficient (Wildman–Crippen LogP) is 1.95. The van der Waals surface area contributed by atoms with Crippen molar-refractivity contribution in [1.82, 2.24) is 0 Å². The zero-order valence-electron chi connectivity index (χ0n) is 8.61. The average Bonchev–Trinajstić information content (AvgIpc) is 2.25. The number of hydrogen-bond acceptors (Lipinski definition) is 4. The fraction of sp³-hybridized carbons (Fsp3) is 0. The highest BCUT2D eigenvalue weighted by molar-refractivity contribution is 5.80. The maximum atomic E-state index is 10.5. The number of carboxylic acids is 1. The van der Waals surface area contributed by atoms with E-state index in [1.54, 1.807) is 0 Å². The largest absolute Gasteiger partial charge is 0.502 e. The second-order valence-electron chi connectivity index (χ2n) is 3.06. The number of aliphatic carboxylic acids is 1. The van der Waals surface area contributed by atoms with Crippen molar-refractivity contribution in [3.8, 4) is 5.75 Å². The van der Waals surface area contributed by atoms with E-state index in [-0.39, 0.29) is 0 Å². The lowest BCUT2D eigenvalue weighted by Crippen LogP contribution is -1.88. The molecule has 0 heterocycles. The molecule has 0 radical (unpaired) electrons. The number of rotatable bonds is 4. The Labute approximate surface area is 96.3 Å². The van der Waals surface area contributed by atoms with E-state index in [0.29, 0.717) is 5.56 Å². The van der Waals surface area contributed by atoms with Crippen LogP contribution in [0.1, 0.15) is 5.56 Å². The molecule has 17 heavy (non-hydrogen) atoms. The molecule has 1 rings (SSSR count). The summed E-state index contributed by atoms with van der Waals surface area (Å²) in [7, 11) is 0. The molecule has 6 heteroatoms. The van der Waals surface area contributed by atoms with Gasteiger partial charge in [0.05, 0.1) is 4.92 Å². The summed E-state index contributed by atoms with van der Waals surface area (Å²) in [5.74, 6) is -1.49. The third-order valence-electron chi connectivity index (χ3n) is 1.83. The highest BCUT2D eigenvalue weighted by Gasteiger charge is 2.12. The smallest absolute Gasteiger partial charge is 0.328 e. The Morgan fingerprint density at radius 3 is 2.65 bits per heavy atom. The summed E-state index contributed by atoms with van der Waals surface area (Å²) in [6.45, 7) is 0. The van der Waals surface area contributed by atoms with Gasteiger partial charge in [0.25, 0.3) is 0 Å². The molecular formula is C11H9NO5. The van der Waals surface area contributed by atoms with Crippen LogP contribution < -0.4 is 0 Å². The quantitative estimate of drug-likeness (QED) is 0.359. The highest BCUT2D eigenvalue weighted by Crippen LogP contribution is 2.26. The van der Waals surface area contributed by atoms with Gasteiger partial charge in [0.15, 0.2) is 5.75 Å². The van der Waals surface area contributed by atoms with Crippen LogP contribution in [0.4, 0.5) is 5.69 Å². The van der Waals surface area contributed by atoms with E-state index < -0.39 is 22.3 Å². The van der Waals surface area contributed by atoms with Gasteiger partial charge in [0.2, 0.25) is 0 Å². The van der Waals surface area contributed by atoms with Gasteiger partial charge in [-0.2, -0.15) is 0 Å². The van der Waals surface area contributed by atoms with Crippen LogP contribution >= 0.6 is 0 Å². The van der Waals surface area contributed by atoms with Crippen LogP contribution in [-0.2, 0) is 4.79 Å². The van der Waals surface area contributed by atoms with E-state index in [2.05, 4.69) is 0 Å². The molecule has 0 bridgehead atoms. The highest BCUT2D eigenvalue weighted by atomic mass is 16.6. The molecule has 0 saturated heterocycles. The summed E-state index contributed by atoms with van der Waals surface area (Å²) in [5, 5.41) is 28.0. The molecule has 2 N–H and O–H groups in total. The summed E-state index contributed by atoms with van der Waals surface area (Å²) in [6.07, 6.45) is 5.16. The van der Waals surface area contributed by atoms with Crippen LogP contribution in [0.2, 0.25) is 0 Å². The van der Waals surface area contributed by atoms with Crippen molar-refractivity contribution in [2.75, 3.05) is 0 Å². The van der Waals surface area contributed by atoms with Crippen LogP contribution in [-0.4, -0.2) is 21.1 Å². The standard InChI is InChI=1S/C11H9NO5/c13-10-6-5-8(7-9(10)12(16)17)3-1-2-4-11(14)15/h1-7,13H,(H,14,15). The van der Waals surface area contributed by atoms with Gasteiger partial charge in [0, 0.05) is 12.1 Å². The van der Waals surface area contributed by atoms with Crippen LogP contribution in [0.15, 0.2) is 36.4 Å². The zero-order chi connectivity index (χ0) is 12.8. The first-order chi connectivity index (χ1) is 8.00. The molecule has 1 aromatic carbocycles. The lowest BCUT2D eigenvalue weighted by molar-refractivity contribution is -0.385. The summed E-state index contributed by atoms with van der Waals surface area (Å²) in [6, 6.07) is 3.88. The van der Waals surface area contributed by atoms with Gasteiger partial charge in [-0.25, -0.2) is 4.79 Å². The normalized spacial score (nSPS) is 11.1. The Balaban J connectivity index is 2.90. The minimum Gasteiger partial charge on any atom is -0.502 e. The number of nitrogens with zero attached hydrogens (tertiary/aromatic N) is 1. The summed E-state index contributed by atoms with van der Waals surface area (Å²) < 4.78 is 0. The molecule has 0 aliphatic heterocycles. The minimum atomic E-state index is -1.08. The van der Waals surface area contributed by atoms with Gasteiger partial charge in [-0.15, -0.1) is 0 Å². The zero-order valence-corrected chi connectivity index (χ0v) is 8.61. The van der Waals surface area contributed by atoms with Gasteiger partial charge in [-0.05, 0) is 11.6 Å². The fourth-order valence-corrected chi connectivity index (χ4v) is 1.09. The molecule has 0 saturated carbocycles. The molecule has 0 aromatic heterocycles. The molecular weight excluding hydrogens is 226 g/mol. The van der Waals surface area contributed by atoms with E-state index in [9.17, 15) is 20.0 Å². The SMILES string of the molecule is O=C(O)C=CC=Cc1ccc(O)c([N+](=O)[O-])c1. The number of carboxylic acid groups (broad SMARTS) is 1. The number of allylic oxidation sites excluding steroid dienone is 2. The molecule has 0 spiro atoms. The molecule has 0 unspecified atom stereocenters. The molecule has 0 atom stereocenters. The lowest BCUT2D eigenvalue weighted by Gasteiger charge is -1.96. The molecule has 0 fully saturated rings. The molecule has 0 aliphatic carbocycles. The summed E-state index contributed by atoms with van der Waals surface area (Å²) in [4.78, 5) is 20.0. The maximum absolute atomic E-state index is 10.5. The number of hydrogen-bond donors (Lipinski definition) is 2.